The molecule has 2 saturated heterocycles. The number of carbonyl (C=O) groups excluding carboxylic acids is 1. The minimum absolute atomic E-state index is 0.119. The van der Waals surface area contributed by atoms with Crippen molar-refractivity contribution < 1.29 is 21.6 Å². The van der Waals surface area contributed by atoms with E-state index in [2.05, 4.69) is 0 Å². The summed E-state index contributed by atoms with van der Waals surface area (Å²) < 4.78 is 49.4. The summed E-state index contributed by atoms with van der Waals surface area (Å²) >= 11 is 0. The average molecular weight is 386 g/mol. The van der Waals surface area contributed by atoms with Crippen molar-refractivity contribution in [2.75, 3.05) is 30.9 Å². The fourth-order valence-corrected chi connectivity index (χ4v) is 6.83. The van der Waals surface area contributed by atoms with Gasteiger partial charge in [-0.1, -0.05) is 19.1 Å². The van der Waals surface area contributed by atoms with Crippen LogP contribution in [-0.2, 0) is 26.3 Å². The Balaban J connectivity index is 1.91. The van der Waals surface area contributed by atoms with E-state index in [0.717, 1.165) is 18.2 Å². The minimum atomic E-state index is -3.52. The summed E-state index contributed by atoms with van der Waals surface area (Å²) in [7, 11) is -6.90. The maximum Gasteiger partial charge on any atom is 0.254 e. The molecule has 2 atom stereocenters. The van der Waals surface area contributed by atoms with E-state index in [1.165, 1.54) is 9.21 Å². The molecule has 2 aliphatic heterocycles. The molecule has 0 saturated carbocycles. The van der Waals surface area contributed by atoms with Gasteiger partial charge in [0.15, 0.2) is 9.84 Å². The second-order valence-electron chi connectivity index (χ2n) is 6.63. The predicted octanol–water partition coefficient (Wildman–Crippen LogP) is 0.132. The number of hydrogen-bond donors (Lipinski definition) is 0. The number of fused-ring (bicyclic) bond motifs is 1. The fourth-order valence-electron chi connectivity index (χ4n) is 3.63. The molecule has 0 N–H and O–H groups in total. The monoisotopic (exact) mass is 386 g/mol. The second kappa shape index (κ2) is 6.37. The van der Waals surface area contributed by atoms with Crippen molar-refractivity contribution in [3.63, 3.8) is 0 Å². The summed E-state index contributed by atoms with van der Waals surface area (Å²) in [6.45, 7) is 2.33. The van der Waals surface area contributed by atoms with E-state index in [9.17, 15) is 21.6 Å². The van der Waals surface area contributed by atoms with Crippen LogP contribution in [0.4, 0.5) is 0 Å². The van der Waals surface area contributed by atoms with Gasteiger partial charge in [0.1, 0.15) is 0 Å². The van der Waals surface area contributed by atoms with Crippen LogP contribution < -0.4 is 0 Å². The standard InChI is InChI=1S/C16H22N2O5S2/c1-3-12-4-6-13(7-5-12)16(19)17-8-9-18(24(2,20)21)15-11-25(22,23)10-14(15)17/h4-7,14-15H,3,8-11H2,1-2H3/t14-,15+/m1/s1. The van der Waals surface area contributed by atoms with Gasteiger partial charge < -0.3 is 4.90 Å². The molecule has 9 heteroatoms. The third-order valence-corrected chi connectivity index (χ3v) is 7.93. The molecule has 0 spiro atoms. The molecule has 0 unspecified atom stereocenters. The first kappa shape index (κ1) is 18.3. The lowest BCUT2D eigenvalue weighted by atomic mass is 10.0. The molecule has 0 bridgehead atoms. The molecular weight excluding hydrogens is 364 g/mol. The molecule has 0 aliphatic carbocycles. The lowest BCUT2D eigenvalue weighted by Gasteiger charge is -2.42. The number of amides is 1. The Morgan fingerprint density at radius 2 is 1.72 bits per heavy atom. The SMILES string of the molecule is CCc1ccc(C(=O)N2CCN(S(C)(=O)=O)[C@H]3CS(=O)(=O)C[C@H]32)cc1. The van der Waals surface area contributed by atoms with E-state index in [0.29, 0.717) is 5.56 Å². The summed E-state index contributed by atoms with van der Waals surface area (Å²) in [4.78, 5) is 14.4. The summed E-state index contributed by atoms with van der Waals surface area (Å²) in [6.07, 6.45) is 1.94. The van der Waals surface area contributed by atoms with Crippen LogP contribution in [0.3, 0.4) is 0 Å². The highest BCUT2D eigenvalue weighted by molar-refractivity contribution is 7.92. The normalized spacial score (nSPS) is 26.4. The molecule has 0 radical (unpaired) electrons. The maximum absolute atomic E-state index is 12.9. The van der Waals surface area contributed by atoms with Gasteiger partial charge in [-0.3, -0.25) is 4.79 Å². The third-order valence-electron chi connectivity index (χ3n) is 4.92. The van der Waals surface area contributed by atoms with Gasteiger partial charge in [-0.05, 0) is 24.1 Å². The number of rotatable bonds is 3. The van der Waals surface area contributed by atoms with Crippen LogP contribution in [-0.4, -0.2) is 74.9 Å². The number of piperazine rings is 1. The van der Waals surface area contributed by atoms with Crippen molar-refractivity contribution >= 4 is 25.8 Å². The van der Waals surface area contributed by atoms with Gasteiger partial charge in [0.05, 0.1) is 29.8 Å². The Kier molecular flexibility index (Phi) is 4.67. The second-order valence-corrected chi connectivity index (χ2v) is 10.7. The van der Waals surface area contributed by atoms with Crippen LogP contribution in [0.1, 0.15) is 22.8 Å². The zero-order chi connectivity index (χ0) is 18.4. The largest absolute Gasteiger partial charge is 0.332 e. The molecule has 25 heavy (non-hydrogen) atoms. The van der Waals surface area contributed by atoms with Gasteiger partial charge in [0.2, 0.25) is 10.0 Å². The minimum Gasteiger partial charge on any atom is -0.332 e. The van der Waals surface area contributed by atoms with Crippen molar-refractivity contribution in [3.05, 3.63) is 35.4 Å². The highest BCUT2D eigenvalue weighted by Gasteiger charge is 2.50. The van der Waals surface area contributed by atoms with Crippen molar-refractivity contribution in [1.29, 1.82) is 0 Å². The lowest BCUT2D eigenvalue weighted by Crippen LogP contribution is -2.61. The smallest absolute Gasteiger partial charge is 0.254 e. The Bertz CT molecular complexity index is 878. The van der Waals surface area contributed by atoms with Gasteiger partial charge in [-0.25, -0.2) is 16.8 Å². The number of nitrogens with zero attached hydrogens (tertiary/aromatic N) is 2. The quantitative estimate of drug-likeness (QED) is 0.736. The first-order valence-corrected chi connectivity index (χ1v) is 11.9. The van der Waals surface area contributed by atoms with Gasteiger partial charge in [-0.15, -0.1) is 0 Å². The number of aryl methyl sites for hydroxylation is 1. The maximum atomic E-state index is 12.9. The Hall–Kier alpha value is -1.45. The van der Waals surface area contributed by atoms with Crippen molar-refractivity contribution in [3.8, 4) is 0 Å². The van der Waals surface area contributed by atoms with Crippen molar-refractivity contribution in [1.82, 2.24) is 9.21 Å². The molecule has 2 aliphatic rings. The first-order chi connectivity index (χ1) is 11.6. The van der Waals surface area contributed by atoms with E-state index in [-0.39, 0.29) is 30.5 Å². The summed E-state index contributed by atoms with van der Waals surface area (Å²) in [5.74, 6) is -0.672. The zero-order valence-electron chi connectivity index (χ0n) is 14.3. The van der Waals surface area contributed by atoms with E-state index in [1.54, 1.807) is 12.1 Å². The van der Waals surface area contributed by atoms with Gasteiger partial charge in [0.25, 0.3) is 5.91 Å². The number of sulfonamides is 1. The lowest BCUT2D eigenvalue weighted by molar-refractivity contribution is 0.0516. The van der Waals surface area contributed by atoms with E-state index in [4.69, 9.17) is 0 Å². The number of hydrogen-bond acceptors (Lipinski definition) is 5. The topological polar surface area (TPSA) is 91.8 Å². The summed E-state index contributed by atoms with van der Waals surface area (Å²) in [5.41, 5.74) is 1.60. The highest BCUT2D eigenvalue weighted by atomic mass is 32.2. The molecule has 1 amide bonds. The molecule has 0 aromatic heterocycles. The molecule has 7 nitrogen and oxygen atoms in total. The van der Waals surface area contributed by atoms with Crippen LogP contribution in [0.5, 0.6) is 0 Å². The predicted molar refractivity (Wildman–Crippen MR) is 94.6 cm³/mol. The summed E-state index contributed by atoms with van der Waals surface area (Å²) in [5, 5.41) is 0. The molecular formula is C16H22N2O5S2. The molecule has 1 aromatic rings. The average Bonchev–Trinajstić information content (AvgIpc) is 2.86. The number of sulfone groups is 1. The highest BCUT2D eigenvalue weighted by Crippen LogP contribution is 2.29. The van der Waals surface area contributed by atoms with Crippen molar-refractivity contribution in [2.24, 2.45) is 0 Å². The molecule has 3 rings (SSSR count). The van der Waals surface area contributed by atoms with Crippen molar-refractivity contribution in [2.45, 2.75) is 25.4 Å². The first-order valence-electron chi connectivity index (χ1n) is 8.19. The Morgan fingerprint density at radius 1 is 1.12 bits per heavy atom. The summed E-state index contributed by atoms with van der Waals surface area (Å²) in [6, 6.07) is 5.90. The Labute approximate surface area is 148 Å². The van der Waals surface area contributed by atoms with Crippen LogP contribution in [0, 0.1) is 0 Å². The van der Waals surface area contributed by atoms with E-state index >= 15 is 0 Å². The van der Waals surface area contributed by atoms with Crippen LogP contribution in [0.25, 0.3) is 0 Å². The molecule has 138 valence electrons. The number of benzene rings is 1. The molecule has 2 fully saturated rings. The van der Waals surface area contributed by atoms with Crippen LogP contribution >= 0.6 is 0 Å². The van der Waals surface area contributed by atoms with Crippen LogP contribution in [0.15, 0.2) is 24.3 Å². The van der Waals surface area contributed by atoms with Gasteiger partial charge >= 0.3 is 0 Å². The molecule has 2 heterocycles. The van der Waals surface area contributed by atoms with Gasteiger partial charge in [-0.2, -0.15) is 4.31 Å². The van der Waals surface area contributed by atoms with Crippen LogP contribution in [0.2, 0.25) is 0 Å². The van der Waals surface area contributed by atoms with Gasteiger partial charge in [0, 0.05) is 18.7 Å². The molecule has 1 aromatic carbocycles. The zero-order valence-corrected chi connectivity index (χ0v) is 15.9. The van der Waals surface area contributed by atoms with E-state index in [1.807, 2.05) is 19.1 Å². The number of carbonyl (C=O) groups is 1. The third kappa shape index (κ3) is 3.58. The fraction of sp³-hybridized carbons (Fsp3) is 0.562. The van der Waals surface area contributed by atoms with E-state index < -0.39 is 31.9 Å². The Morgan fingerprint density at radius 3 is 2.28 bits per heavy atom.